The second kappa shape index (κ2) is 8.81. The predicted molar refractivity (Wildman–Crippen MR) is 119 cm³/mol. The number of aromatic nitrogens is 1. The van der Waals surface area contributed by atoms with E-state index in [0.29, 0.717) is 42.5 Å². The first-order valence-electron chi connectivity index (χ1n) is 10.3. The van der Waals surface area contributed by atoms with Crippen LogP contribution in [-0.2, 0) is 16.6 Å². The molecule has 0 atom stereocenters. The van der Waals surface area contributed by atoms with Crippen molar-refractivity contribution in [3.63, 3.8) is 0 Å². The van der Waals surface area contributed by atoms with Crippen LogP contribution < -0.4 is 10.2 Å². The number of carbonyl (C=O) groups excluding carboxylic acids is 1. The van der Waals surface area contributed by atoms with Crippen LogP contribution >= 0.6 is 0 Å². The average molecular weight is 433 g/mol. The molecule has 0 bridgehead atoms. The smallest absolute Gasteiger partial charge is 0.268 e. The number of sulfonamides is 1. The molecule has 7 nitrogen and oxygen atoms in total. The van der Waals surface area contributed by atoms with E-state index in [1.54, 1.807) is 18.2 Å². The lowest BCUT2D eigenvalue weighted by Crippen LogP contribution is -2.38. The minimum absolute atomic E-state index is 0.234. The van der Waals surface area contributed by atoms with Crippen LogP contribution in [0.2, 0.25) is 0 Å². The molecule has 8 heteroatoms. The summed E-state index contributed by atoms with van der Waals surface area (Å²) in [6, 6.07) is 7.93. The Labute approximate surface area is 179 Å². The molecular weight excluding hydrogens is 400 g/mol. The van der Waals surface area contributed by atoms with E-state index in [9.17, 15) is 13.2 Å². The Hall–Kier alpha value is -2.32. The molecule has 2 heterocycles. The van der Waals surface area contributed by atoms with E-state index in [4.69, 9.17) is 0 Å². The van der Waals surface area contributed by atoms with Gasteiger partial charge in [-0.05, 0) is 55.9 Å². The summed E-state index contributed by atoms with van der Waals surface area (Å²) >= 11 is 0. The normalized spacial score (nSPS) is 15.9. The molecule has 0 unspecified atom stereocenters. The molecule has 0 spiro atoms. The lowest BCUT2D eigenvalue weighted by Gasteiger charge is -2.29. The molecule has 1 aromatic carbocycles. The maximum Gasteiger partial charge on any atom is 0.268 e. The van der Waals surface area contributed by atoms with Crippen LogP contribution in [0.3, 0.4) is 0 Å². The van der Waals surface area contributed by atoms with Crippen LogP contribution in [0.5, 0.6) is 0 Å². The Morgan fingerprint density at radius 1 is 1.17 bits per heavy atom. The molecule has 3 rings (SSSR count). The molecule has 0 saturated carbocycles. The third kappa shape index (κ3) is 4.54. The quantitative estimate of drug-likeness (QED) is 0.735. The first-order valence-corrected chi connectivity index (χ1v) is 11.8. The van der Waals surface area contributed by atoms with Crippen molar-refractivity contribution in [3.05, 3.63) is 46.8 Å². The monoisotopic (exact) mass is 432 g/mol. The van der Waals surface area contributed by atoms with Crippen molar-refractivity contribution in [2.75, 3.05) is 32.1 Å². The van der Waals surface area contributed by atoms with Crippen LogP contribution in [-0.4, -0.2) is 50.8 Å². The van der Waals surface area contributed by atoms with Crippen LogP contribution in [0.25, 0.3) is 0 Å². The van der Waals surface area contributed by atoms with Crippen molar-refractivity contribution >= 4 is 21.6 Å². The Balaban J connectivity index is 1.75. The lowest BCUT2D eigenvalue weighted by molar-refractivity contribution is 0.0945. The van der Waals surface area contributed by atoms with Crippen molar-refractivity contribution in [3.8, 4) is 0 Å². The van der Waals surface area contributed by atoms with Crippen LogP contribution in [0.15, 0.2) is 29.2 Å². The fourth-order valence-corrected chi connectivity index (χ4v) is 5.76. The van der Waals surface area contributed by atoms with E-state index in [1.807, 2.05) is 43.3 Å². The van der Waals surface area contributed by atoms with Gasteiger partial charge in [0.25, 0.3) is 5.91 Å². The number of H-pyrrole nitrogens is 1. The molecule has 1 aliphatic heterocycles. The fraction of sp³-hybridized carbons (Fsp3) is 0.500. The number of hydrogen-bond acceptors (Lipinski definition) is 4. The number of nitrogens with one attached hydrogen (secondary N) is 2. The summed E-state index contributed by atoms with van der Waals surface area (Å²) in [5.74, 6) is 0.235. The summed E-state index contributed by atoms with van der Waals surface area (Å²) in [6.45, 7) is 6.98. The van der Waals surface area contributed by atoms with Gasteiger partial charge in [0.2, 0.25) is 10.0 Å². The molecule has 1 aliphatic rings. The van der Waals surface area contributed by atoms with Gasteiger partial charge in [-0.25, -0.2) is 8.42 Å². The SMILES string of the molecule is Cc1[nH]c(C(=O)NCc2ccc(N(C)C)cc2)c(C)c1S(=O)(=O)N1CCC(C)CC1. The number of benzene rings is 1. The number of rotatable bonds is 6. The largest absolute Gasteiger partial charge is 0.378 e. The molecule has 1 aromatic heterocycles. The van der Waals surface area contributed by atoms with Gasteiger partial charge < -0.3 is 15.2 Å². The summed E-state index contributed by atoms with van der Waals surface area (Å²) in [4.78, 5) is 18.0. The van der Waals surface area contributed by atoms with Gasteiger partial charge in [0.05, 0.1) is 0 Å². The first kappa shape index (κ1) is 22.4. The first-order chi connectivity index (χ1) is 14.1. The topological polar surface area (TPSA) is 85.5 Å². The second-order valence-electron chi connectivity index (χ2n) is 8.41. The Morgan fingerprint density at radius 2 is 1.77 bits per heavy atom. The Morgan fingerprint density at radius 3 is 2.33 bits per heavy atom. The minimum Gasteiger partial charge on any atom is -0.378 e. The van der Waals surface area contributed by atoms with Gasteiger partial charge in [-0.1, -0.05) is 19.1 Å². The van der Waals surface area contributed by atoms with E-state index in [0.717, 1.165) is 24.1 Å². The van der Waals surface area contributed by atoms with E-state index in [-0.39, 0.29) is 10.8 Å². The minimum atomic E-state index is -3.62. The van der Waals surface area contributed by atoms with Gasteiger partial charge in [0, 0.05) is 45.1 Å². The number of piperidine rings is 1. The van der Waals surface area contributed by atoms with Gasteiger partial charge in [0.1, 0.15) is 10.6 Å². The summed E-state index contributed by atoms with van der Waals surface area (Å²) in [5, 5.41) is 2.89. The van der Waals surface area contributed by atoms with Crippen LogP contribution in [0.1, 0.15) is 47.1 Å². The number of nitrogens with zero attached hydrogens (tertiary/aromatic N) is 2. The van der Waals surface area contributed by atoms with Gasteiger partial charge >= 0.3 is 0 Å². The highest BCUT2D eigenvalue weighted by molar-refractivity contribution is 7.89. The number of aromatic amines is 1. The molecule has 1 saturated heterocycles. The summed E-state index contributed by atoms with van der Waals surface area (Å²) < 4.78 is 28.0. The maximum absolute atomic E-state index is 13.2. The third-order valence-corrected chi connectivity index (χ3v) is 8.02. The van der Waals surface area contributed by atoms with Gasteiger partial charge in [-0.15, -0.1) is 0 Å². The second-order valence-corrected chi connectivity index (χ2v) is 10.3. The summed E-state index contributed by atoms with van der Waals surface area (Å²) in [7, 11) is 0.329. The standard InChI is InChI=1S/C22H32N4O3S/c1-15-10-12-26(13-11-15)30(28,29)21-16(2)20(24-17(21)3)22(27)23-14-18-6-8-19(9-7-18)25(4)5/h6-9,15,24H,10-14H2,1-5H3,(H,23,27). The van der Waals surface area contributed by atoms with Crippen LogP contribution in [0.4, 0.5) is 5.69 Å². The molecule has 164 valence electrons. The van der Waals surface area contributed by atoms with Crippen molar-refractivity contribution in [2.45, 2.75) is 45.1 Å². The number of aryl methyl sites for hydroxylation is 1. The summed E-state index contributed by atoms with van der Waals surface area (Å²) in [6.07, 6.45) is 1.73. The van der Waals surface area contributed by atoms with Gasteiger partial charge in [0.15, 0.2) is 0 Å². The number of hydrogen-bond donors (Lipinski definition) is 2. The van der Waals surface area contributed by atoms with E-state index >= 15 is 0 Å². The zero-order valence-electron chi connectivity index (χ0n) is 18.4. The van der Waals surface area contributed by atoms with Crippen molar-refractivity contribution in [1.82, 2.24) is 14.6 Å². The molecule has 2 aromatic rings. The molecule has 2 N–H and O–H groups in total. The zero-order valence-corrected chi connectivity index (χ0v) is 19.3. The Kier molecular flexibility index (Phi) is 6.57. The highest BCUT2D eigenvalue weighted by Gasteiger charge is 2.33. The summed E-state index contributed by atoms with van der Waals surface area (Å²) in [5.41, 5.74) is 3.35. The molecule has 30 heavy (non-hydrogen) atoms. The molecule has 0 aliphatic carbocycles. The zero-order chi connectivity index (χ0) is 22.1. The molecular formula is C22H32N4O3S. The Bertz CT molecular complexity index is 1000. The van der Waals surface area contributed by atoms with Gasteiger partial charge in [-0.3, -0.25) is 4.79 Å². The molecule has 1 fully saturated rings. The highest BCUT2D eigenvalue weighted by atomic mass is 32.2. The molecule has 1 amide bonds. The lowest BCUT2D eigenvalue weighted by atomic mass is 10.0. The average Bonchev–Trinajstić information content (AvgIpc) is 3.01. The number of carbonyl (C=O) groups is 1. The van der Waals surface area contributed by atoms with E-state index in [2.05, 4.69) is 17.2 Å². The van der Waals surface area contributed by atoms with Crippen LogP contribution in [0, 0.1) is 19.8 Å². The number of amides is 1. The van der Waals surface area contributed by atoms with Crippen molar-refractivity contribution in [1.29, 1.82) is 0 Å². The van der Waals surface area contributed by atoms with E-state index in [1.165, 1.54) is 0 Å². The third-order valence-electron chi connectivity index (χ3n) is 5.84. The van der Waals surface area contributed by atoms with Crippen molar-refractivity contribution < 1.29 is 13.2 Å². The highest BCUT2D eigenvalue weighted by Crippen LogP contribution is 2.29. The predicted octanol–water partition coefficient (Wildman–Crippen LogP) is 3.05. The van der Waals surface area contributed by atoms with Gasteiger partial charge in [-0.2, -0.15) is 4.31 Å². The fourth-order valence-electron chi connectivity index (χ4n) is 3.88. The molecule has 0 radical (unpaired) electrons. The number of anilines is 1. The van der Waals surface area contributed by atoms with Crippen molar-refractivity contribution in [2.24, 2.45) is 5.92 Å². The van der Waals surface area contributed by atoms with E-state index < -0.39 is 10.0 Å². The maximum atomic E-state index is 13.2.